The highest BCUT2D eigenvalue weighted by atomic mass is 35.5. The largest absolute Gasteiger partial charge is 0.339 e. The number of anilines is 1. The van der Waals surface area contributed by atoms with Crippen molar-refractivity contribution in [3.63, 3.8) is 0 Å². The molecule has 1 heterocycles. The fourth-order valence-corrected chi connectivity index (χ4v) is 2.96. The summed E-state index contributed by atoms with van der Waals surface area (Å²) in [5.74, 6) is -0.158. The average molecular weight is 352 g/mol. The van der Waals surface area contributed by atoms with Crippen molar-refractivity contribution >= 4 is 29.1 Å². The normalized spacial score (nSPS) is 20.8. The number of carbonyl (C=O) groups excluding carboxylic acids is 2. The minimum atomic E-state index is -0.0901. The third kappa shape index (κ3) is 4.48. The fraction of sp³-hybridized carbons (Fsp3) is 0.556. The second-order valence-electron chi connectivity index (χ2n) is 6.77. The highest BCUT2D eigenvalue weighted by Crippen LogP contribution is 2.26. The summed E-state index contributed by atoms with van der Waals surface area (Å²) in [7, 11) is 1.76. The molecule has 1 saturated heterocycles. The van der Waals surface area contributed by atoms with Gasteiger partial charge in [0.25, 0.3) is 5.91 Å². The van der Waals surface area contributed by atoms with Gasteiger partial charge in [0.1, 0.15) is 0 Å². The van der Waals surface area contributed by atoms with Crippen LogP contribution in [0.15, 0.2) is 18.2 Å². The van der Waals surface area contributed by atoms with Gasteiger partial charge in [-0.3, -0.25) is 9.59 Å². The maximum absolute atomic E-state index is 12.5. The van der Waals surface area contributed by atoms with E-state index in [1.807, 2.05) is 13.8 Å². The summed E-state index contributed by atoms with van der Waals surface area (Å²) < 4.78 is 0. The smallest absolute Gasteiger partial charge is 0.253 e. The molecule has 0 unspecified atom stereocenters. The molecule has 2 atom stereocenters. The Bertz CT molecular complexity index is 618. The maximum atomic E-state index is 12.5. The van der Waals surface area contributed by atoms with Crippen LogP contribution < -0.4 is 10.6 Å². The molecule has 1 aromatic rings. The molecule has 2 N–H and O–H groups in total. The van der Waals surface area contributed by atoms with E-state index < -0.39 is 0 Å². The highest BCUT2D eigenvalue weighted by molar-refractivity contribution is 6.33. The Balaban J connectivity index is 2.14. The SMILES string of the molecule is CC(C)N(C)C(=O)c1ccc(Cl)c(NC(=O)[C@H]2CCN[C@@H](C)C2)c1. The third-order valence-corrected chi connectivity index (χ3v) is 4.89. The minimum absolute atomic E-state index is 0.0324. The molecule has 6 heteroatoms. The molecule has 0 radical (unpaired) electrons. The zero-order valence-corrected chi connectivity index (χ0v) is 15.5. The van der Waals surface area contributed by atoms with Crippen molar-refractivity contribution in [2.45, 2.75) is 45.7 Å². The number of nitrogens with one attached hydrogen (secondary N) is 2. The van der Waals surface area contributed by atoms with Crippen LogP contribution in [-0.4, -0.2) is 42.4 Å². The van der Waals surface area contributed by atoms with Crippen LogP contribution in [0, 0.1) is 5.92 Å². The van der Waals surface area contributed by atoms with Crippen LogP contribution in [0.3, 0.4) is 0 Å². The summed E-state index contributed by atoms with van der Waals surface area (Å²) in [6.45, 7) is 6.82. The Morgan fingerprint density at radius 1 is 1.38 bits per heavy atom. The Morgan fingerprint density at radius 2 is 2.08 bits per heavy atom. The minimum Gasteiger partial charge on any atom is -0.339 e. The lowest BCUT2D eigenvalue weighted by atomic mass is 9.92. The lowest BCUT2D eigenvalue weighted by Crippen LogP contribution is -2.40. The van der Waals surface area contributed by atoms with Gasteiger partial charge >= 0.3 is 0 Å². The van der Waals surface area contributed by atoms with Crippen LogP contribution in [0.5, 0.6) is 0 Å². The van der Waals surface area contributed by atoms with Crippen LogP contribution in [0.1, 0.15) is 44.0 Å². The first-order valence-corrected chi connectivity index (χ1v) is 8.78. The van der Waals surface area contributed by atoms with Crippen LogP contribution in [0.4, 0.5) is 5.69 Å². The summed E-state index contributed by atoms with van der Waals surface area (Å²) in [5, 5.41) is 6.67. The first-order chi connectivity index (χ1) is 11.3. The van der Waals surface area contributed by atoms with E-state index in [0.29, 0.717) is 22.3 Å². The van der Waals surface area contributed by atoms with Crippen LogP contribution in [-0.2, 0) is 4.79 Å². The van der Waals surface area contributed by atoms with Gasteiger partial charge in [-0.05, 0) is 58.4 Å². The van der Waals surface area contributed by atoms with Crippen molar-refractivity contribution in [2.75, 3.05) is 18.9 Å². The average Bonchev–Trinajstić information content (AvgIpc) is 2.55. The lowest BCUT2D eigenvalue weighted by Gasteiger charge is -2.27. The van der Waals surface area contributed by atoms with Gasteiger partial charge in [-0.15, -0.1) is 0 Å². The van der Waals surface area contributed by atoms with Crippen LogP contribution in [0.25, 0.3) is 0 Å². The third-order valence-electron chi connectivity index (χ3n) is 4.56. The number of piperidine rings is 1. The number of benzene rings is 1. The molecule has 1 fully saturated rings. The van der Waals surface area contributed by atoms with Crippen molar-refractivity contribution in [3.05, 3.63) is 28.8 Å². The van der Waals surface area contributed by atoms with Gasteiger partial charge in [0.2, 0.25) is 5.91 Å². The van der Waals surface area contributed by atoms with Crippen LogP contribution >= 0.6 is 11.6 Å². The number of halogens is 1. The maximum Gasteiger partial charge on any atom is 0.253 e. The predicted molar refractivity (Wildman–Crippen MR) is 97.5 cm³/mol. The molecule has 5 nitrogen and oxygen atoms in total. The molecule has 1 aromatic carbocycles. The Labute approximate surface area is 148 Å². The molecule has 0 spiro atoms. The number of rotatable bonds is 4. The molecular weight excluding hydrogens is 326 g/mol. The number of hydrogen-bond acceptors (Lipinski definition) is 3. The Kier molecular flexibility index (Phi) is 6.24. The molecule has 1 aliphatic heterocycles. The van der Waals surface area contributed by atoms with Gasteiger partial charge in [0.05, 0.1) is 10.7 Å². The topological polar surface area (TPSA) is 61.4 Å². The molecule has 1 aliphatic rings. The number of hydrogen-bond donors (Lipinski definition) is 2. The molecule has 24 heavy (non-hydrogen) atoms. The summed E-state index contributed by atoms with van der Waals surface area (Å²) in [4.78, 5) is 26.6. The molecular formula is C18H26ClN3O2. The molecule has 0 aliphatic carbocycles. The quantitative estimate of drug-likeness (QED) is 0.876. The van der Waals surface area contributed by atoms with E-state index in [2.05, 4.69) is 17.6 Å². The molecule has 0 aromatic heterocycles. The van der Waals surface area contributed by atoms with Gasteiger partial charge in [0.15, 0.2) is 0 Å². The molecule has 0 saturated carbocycles. The molecule has 132 valence electrons. The van der Waals surface area contributed by atoms with Crippen molar-refractivity contribution in [1.82, 2.24) is 10.2 Å². The fourth-order valence-electron chi connectivity index (χ4n) is 2.80. The van der Waals surface area contributed by atoms with Gasteiger partial charge < -0.3 is 15.5 Å². The molecule has 0 bridgehead atoms. The Hall–Kier alpha value is -1.59. The van der Waals surface area contributed by atoms with E-state index in [9.17, 15) is 9.59 Å². The second kappa shape index (κ2) is 7.99. The Morgan fingerprint density at radius 3 is 2.71 bits per heavy atom. The van der Waals surface area contributed by atoms with E-state index in [0.717, 1.165) is 19.4 Å². The van der Waals surface area contributed by atoms with E-state index in [4.69, 9.17) is 11.6 Å². The number of nitrogens with zero attached hydrogens (tertiary/aromatic N) is 1. The monoisotopic (exact) mass is 351 g/mol. The number of amides is 2. The molecule has 2 rings (SSSR count). The first-order valence-electron chi connectivity index (χ1n) is 8.40. The van der Waals surface area contributed by atoms with Gasteiger partial charge in [-0.25, -0.2) is 0 Å². The summed E-state index contributed by atoms with van der Waals surface area (Å²) in [6, 6.07) is 5.43. The van der Waals surface area contributed by atoms with Crippen molar-refractivity contribution in [3.8, 4) is 0 Å². The van der Waals surface area contributed by atoms with E-state index >= 15 is 0 Å². The molecule has 2 amide bonds. The predicted octanol–water partition coefficient (Wildman–Crippen LogP) is 3.15. The van der Waals surface area contributed by atoms with Crippen molar-refractivity contribution in [1.29, 1.82) is 0 Å². The number of carbonyl (C=O) groups is 2. The lowest BCUT2D eigenvalue weighted by molar-refractivity contribution is -0.120. The zero-order chi connectivity index (χ0) is 17.9. The zero-order valence-electron chi connectivity index (χ0n) is 14.7. The van der Waals surface area contributed by atoms with E-state index in [-0.39, 0.29) is 23.8 Å². The summed E-state index contributed by atoms with van der Waals surface area (Å²) in [5.41, 5.74) is 1.01. The van der Waals surface area contributed by atoms with Gasteiger partial charge in [0, 0.05) is 30.6 Å². The van der Waals surface area contributed by atoms with E-state index in [1.165, 1.54) is 0 Å². The second-order valence-corrected chi connectivity index (χ2v) is 7.18. The van der Waals surface area contributed by atoms with Crippen LogP contribution in [0.2, 0.25) is 5.02 Å². The highest BCUT2D eigenvalue weighted by Gasteiger charge is 2.25. The van der Waals surface area contributed by atoms with Gasteiger partial charge in [-0.1, -0.05) is 11.6 Å². The first kappa shape index (κ1) is 18.7. The van der Waals surface area contributed by atoms with Crippen molar-refractivity contribution in [2.24, 2.45) is 5.92 Å². The standard InChI is InChI=1S/C18H26ClN3O2/c1-11(2)22(4)18(24)14-5-6-15(19)16(10-14)21-17(23)13-7-8-20-12(3)9-13/h5-6,10-13,20H,7-9H2,1-4H3,(H,21,23)/t12-,13-/m0/s1. The van der Waals surface area contributed by atoms with Gasteiger partial charge in [-0.2, -0.15) is 0 Å². The van der Waals surface area contributed by atoms with E-state index in [1.54, 1.807) is 30.1 Å². The summed E-state index contributed by atoms with van der Waals surface area (Å²) >= 11 is 6.20. The summed E-state index contributed by atoms with van der Waals surface area (Å²) in [6.07, 6.45) is 1.61. The van der Waals surface area contributed by atoms with Crippen molar-refractivity contribution < 1.29 is 9.59 Å².